The summed E-state index contributed by atoms with van der Waals surface area (Å²) in [7, 11) is 1.70. The van der Waals surface area contributed by atoms with Crippen LogP contribution in [0.25, 0.3) is 16.9 Å². The molecule has 5 heteroatoms. The van der Waals surface area contributed by atoms with Gasteiger partial charge in [0.1, 0.15) is 17.6 Å². The van der Waals surface area contributed by atoms with Crippen molar-refractivity contribution < 1.29 is 9.30 Å². The zero-order chi connectivity index (χ0) is 16.5. The monoisotopic (exact) mass is 401 g/mol. The highest BCUT2D eigenvalue weighted by atomic mass is 79.9. The molecule has 3 aromatic rings. The molecule has 2 aromatic carbocycles. The minimum absolute atomic E-state index is 0.883. The summed E-state index contributed by atoms with van der Waals surface area (Å²) in [4.78, 5) is 0. The molecule has 122 valence electrons. The van der Waals surface area contributed by atoms with Crippen LogP contribution in [0, 0.1) is 0 Å². The van der Waals surface area contributed by atoms with E-state index in [9.17, 15) is 0 Å². The van der Waals surface area contributed by atoms with Crippen LogP contribution in [-0.2, 0) is 6.54 Å². The predicted octanol–water partition coefficient (Wildman–Crippen LogP) is 4.70. The third-order valence-corrected chi connectivity index (χ3v) is 5.92. The Balaban J connectivity index is 1.84. The number of fused-ring (bicyclic) bond motifs is 1. The summed E-state index contributed by atoms with van der Waals surface area (Å²) in [5.41, 5.74) is 3.67. The molecule has 2 heterocycles. The van der Waals surface area contributed by atoms with E-state index in [1.807, 2.05) is 23.9 Å². The second kappa shape index (κ2) is 6.65. The SMILES string of the molecule is COc1ccc(-n2cc(-c3ccc(Br)cc3)[n+]3c2SCCC3)cc1. The zero-order valence-corrected chi connectivity index (χ0v) is 15.8. The van der Waals surface area contributed by atoms with E-state index in [2.05, 4.69) is 67.7 Å². The zero-order valence-electron chi connectivity index (χ0n) is 13.4. The first kappa shape index (κ1) is 15.8. The lowest BCUT2D eigenvalue weighted by molar-refractivity contribution is -0.724. The standard InChI is InChI=1S/C19H18BrN2OS/c1-23-17-9-7-16(8-10-17)22-13-18(14-3-5-15(20)6-4-14)21-11-2-12-24-19(21)22/h3-10,13H,2,11-12H2,1H3/q+1. The van der Waals surface area contributed by atoms with E-state index in [0.717, 1.165) is 22.5 Å². The van der Waals surface area contributed by atoms with Crippen molar-refractivity contribution in [1.82, 2.24) is 4.57 Å². The second-order valence-corrected chi connectivity index (χ2v) is 7.70. The van der Waals surface area contributed by atoms with Gasteiger partial charge in [0.15, 0.2) is 5.69 Å². The molecule has 0 atom stereocenters. The molecular formula is C19H18BrN2OS+. The van der Waals surface area contributed by atoms with E-state index >= 15 is 0 Å². The number of nitrogens with zero attached hydrogens (tertiary/aromatic N) is 2. The highest BCUT2D eigenvalue weighted by Gasteiger charge is 2.28. The Morgan fingerprint density at radius 2 is 1.83 bits per heavy atom. The smallest absolute Gasteiger partial charge is 0.323 e. The van der Waals surface area contributed by atoms with E-state index in [4.69, 9.17) is 4.74 Å². The van der Waals surface area contributed by atoms with Gasteiger partial charge in [-0.15, -0.1) is 0 Å². The number of rotatable bonds is 3. The fourth-order valence-corrected chi connectivity index (χ4v) is 4.37. The fraction of sp³-hybridized carbons (Fsp3) is 0.211. The summed E-state index contributed by atoms with van der Waals surface area (Å²) in [6, 6.07) is 16.8. The summed E-state index contributed by atoms with van der Waals surface area (Å²) < 4.78 is 11.1. The number of imidazole rings is 1. The highest BCUT2D eigenvalue weighted by molar-refractivity contribution is 9.10. The molecule has 0 N–H and O–H groups in total. The number of thioether (sulfide) groups is 1. The number of ether oxygens (including phenoxy) is 1. The molecule has 1 aliphatic rings. The molecule has 0 aliphatic carbocycles. The molecule has 0 spiro atoms. The summed E-state index contributed by atoms with van der Waals surface area (Å²) in [5, 5.41) is 1.30. The molecular weight excluding hydrogens is 384 g/mol. The number of benzene rings is 2. The lowest BCUT2D eigenvalue weighted by Crippen LogP contribution is -2.40. The van der Waals surface area contributed by atoms with Crippen molar-refractivity contribution in [2.24, 2.45) is 0 Å². The van der Waals surface area contributed by atoms with Gasteiger partial charge in [0.25, 0.3) is 0 Å². The summed E-state index contributed by atoms with van der Waals surface area (Å²) in [5.74, 6) is 2.05. The Hall–Kier alpha value is -1.72. The Morgan fingerprint density at radius 1 is 1.08 bits per heavy atom. The maximum atomic E-state index is 5.28. The quantitative estimate of drug-likeness (QED) is 0.592. The first-order valence-electron chi connectivity index (χ1n) is 7.94. The van der Waals surface area contributed by atoms with Crippen molar-refractivity contribution in [3.05, 3.63) is 59.2 Å². The van der Waals surface area contributed by atoms with Gasteiger partial charge in [-0.25, -0.2) is 4.57 Å². The van der Waals surface area contributed by atoms with Crippen molar-refractivity contribution in [3.8, 4) is 22.7 Å². The summed E-state index contributed by atoms with van der Waals surface area (Å²) in [6.07, 6.45) is 3.46. The van der Waals surface area contributed by atoms with Crippen LogP contribution in [0.2, 0.25) is 0 Å². The van der Waals surface area contributed by atoms with Gasteiger partial charge in [0.05, 0.1) is 13.7 Å². The van der Waals surface area contributed by atoms with Crippen LogP contribution >= 0.6 is 27.7 Å². The minimum Gasteiger partial charge on any atom is -0.497 e. The minimum atomic E-state index is 0.883. The molecule has 0 unspecified atom stereocenters. The van der Waals surface area contributed by atoms with Gasteiger partial charge in [-0.2, -0.15) is 4.57 Å². The predicted molar refractivity (Wildman–Crippen MR) is 101 cm³/mol. The number of halogens is 1. The highest BCUT2D eigenvalue weighted by Crippen LogP contribution is 2.30. The van der Waals surface area contributed by atoms with Crippen LogP contribution in [0.5, 0.6) is 5.75 Å². The lowest BCUT2D eigenvalue weighted by Gasteiger charge is -2.10. The summed E-state index contributed by atoms with van der Waals surface area (Å²) in [6.45, 7) is 1.07. The van der Waals surface area contributed by atoms with E-state index in [1.165, 1.54) is 28.6 Å². The molecule has 0 amide bonds. The molecule has 1 aromatic heterocycles. The van der Waals surface area contributed by atoms with Gasteiger partial charge in [0.2, 0.25) is 0 Å². The Kier molecular flexibility index (Phi) is 4.37. The molecule has 0 fully saturated rings. The van der Waals surface area contributed by atoms with Crippen LogP contribution in [0.4, 0.5) is 0 Å². The van der Waals surface area contributed by atoms with Crippen LogP contribution in [0.15, 0.2) is 64.4 Å². The molecule has 24 heavy (non-hydrogen) atoms. The average molecular weight is 402 g/mol. The molecule has 0 saturated heterocycles. The molecule has 0 bridgehead atoms. The Morgan fingerprint density at radius 3 is 2.54 bits per heavy atom. The topological polar surface area (TPSA) is 18.0 Å². The first-order valence-corrected chi connectivity index (χ1v) is 9.72. The van der Waals surface area contributed by atoms with Crippen LogP contribution in [0.1, 0.15) is 6.42 Å². The lowest BCUT2D eigenvalue weighted by atomic mass is 10.1. The van der Waals surface area contributed by atoms with Crippen molar-refractivity contribution in [1.29, 1.82) is 0 Å². The van der Waals surface area contributed by atoms with E-state index < -0.39 is 0 Å². The molecule has 1 aliphatic heterocycles. The molecule has 0 saturated carbocycles. The molecule has 0 radical (unpaired) electrons. The van der Waals surface area contributed by atoms with E-state index in [-0.39, 0.29) is 0 Å². The third kappa shape index (κ3) is 2.87. The second-order valence-electron chi connectivity index (χ2n) is 5.73. The third-order valence-electron chi connectivity index (χ3n) is 4.23. The normalized spacial score (nSPS) is 13.6. The van der Waals surface area contributed by atoms with Crippen LogP contribution in [0.3, 0.4) is 0 Å². The van der Waals surface area contributed by atoms with Crippen LogP contribution in [-0.4, -0.2) is 17.4 Å². The van der Waals surface area contributed by atoms with Gasteiger partial charge in [-0.05, 0) is 66.7 Å². The van der Waals surface area contributed by atoms with Gasteiger partial charge >= 0.3 is 5.16 Å². The van der Waals surface area contributed by atoms with Crippen molar-refractivity contribution in [2.45, 2.75) is 18.1 Å². The number of hydrogen-bond acceptors (Lipinski definition) is 2. The average Bonchev–Trinajstić information content (AvgIpc) is 3.02. The summed E-state index contributed by atoms with van der Waals surface area (Å²) >= 11 is 5.44. The number of hydrogen-bond donors (Lipinski definition) is 0. The maximum absolute atomic E-state index is 5.28. The first-order chi connectivity index (χ1) is 11.8. The van der Waals surface area contributed by atoms with Crippen molar-refractivity contribution >= 4 is 27.7 Å². The molecule has 4 rings (SSSR count). The van der Waals surface area contributed by atoms with E-state index in [1.54, 1.807) is 7.11 Å². The number of aromatic nitrogens is 2. The van der Waals surface area contributed by atoms with Crippen LogP contribution < -0.4 is 9.30 Å². The molecule has 3 nitrogen and oxygen atoms in total. The Bertz CT molecular complexity index is 856. The van der Waals surface area contributed by atoms with Gasteiger partial charge in [0, 0.05) is 15.8 Å². The van der Waals surface area contributed by atoms with Crippen molar-refractivity contribution in [2.75, 3.05) is 12.9 Å². The Labute approximate surface area is 154 Å². The van der Waals surface area contributed by atoms with Gasteiger partial charge in [-0.1, -0.05) is 15.9 Å². The van der Waals surface area contributed by atoms with Gasteiger partial charge < -0.3 is 4.74 Å². The van der Waals surface area contributed by atoms with E-state index in [0.29, 0.717) is 0 Å². The van der Waals surface area contributed by atoms with Crippen molar-refractivity contribution in [3.63, 3.8) is 0 Å². The van der Waals surface area contributed by atoms with Gasteiger partial charge in [-0.3, -0.25) is 0 Å². The fourth-order valence-electron chi connectivity index (χ4n) is 3.01. The maximum Gasteiger partial charge on any atom is 0.323 e. The largest absolute Gasteiger partial charge is 0.497 e. The number of methoxy groups -OCH3 is 1.